The second kappa shape index (κ2) is 9.31. The Labute approximate surface area is 121 Å². The number of hydrogen-bond donors (Lipinski definition) is 2. The normalized spacial score (nSPS) is 10.3. The summed E-state index contributed by atoms with van der Waals surface area (Å²) in [7, 11) is 1.68. The van der Waals surface area contributed by atoms with Crippen molar-refractivity contribution in [2.45, 2.75) is 33.1 Å². The number of nitrogens with one attached hydrogen (secondary N) is 2. The molecule has 0 aliphatic carbocycles. The largest absolute Gasteiger partial charge is 0.385 e. The summed E-state index contributed by atoms with van der Waals surface area (Å²) in [5, 5.41) is 6.13. The van der Waals surface area contributed by atoms with Crippen LogP contribution in [0.3, 0.4) is 0 Å². The van der Waals surface area contributed by atoms with Crippen molar-refractivity contribution in [3.63, 3.8) is 0 Å². The van der Waals surface area contributed by atoms with Crippen LogP contribution in [0.1, 0.15) is 42.2 Å². The highest BCUT2D eigenvalue weighted by Crippen LogP contribution is 2.10. The third kappa shape index (κ3) is 6.02. The number of aryl methyl sites for hydroxylation is 1. The Morgan fingerprint density at radius 3 is 2.80 bits per heavy atom. The average Bonchev–Trinajstić information content (AvgIpc) is 2.44. The number of carbonyl (C=O) groups is 1. The molecule has 20 heavy (non-hydrogen) atoms. The monoisotopic (exact) mass is 279 g/mol. The Morgan fingerprint density at radius 2 is 2.10 bits per heavy atom. The van der Waals surface area contributed by atoms with Gasteiger partial charge in [0.2, 0.25) is 0 Å². The lowest BCUT2D eigenvalue weighted by molar-refractivity contribution is 0.0951. The van der Waals surface area contributed by atoms with Gasteiger partial charge >= 0.3 is 0 Å². The molecule has 5 nitrogen and oxygen atoms in total. The number of hydrogen-bond acceptors (Lipinski definition) is 4. The highest BCUT2D eigenvalue weighted by Gasteiger charge is 2.07. The number of ether oxygens (including phenoxy) is 1. The van der Waals surface area contributed by atoms with Gasteiger partial charge in [-0.2, -0.15) is 0 Å². The molecule has 0 aromatic carbocycles. The maximum atomic E-state index is 12.1. The fraction of sp³-hybridized carbons (Fsp3) is 0.600. The molecule has 1 aromatic heterocycles. The van der Waals surface area contributed by atoms with Crippen molar-refractivity contribution in [1.29, 1.82) is 0 Å². The van der Waals surface area contributed by atoms with E-state index in [0.29, 0.717) is 12.1 Å². The number of carbonyl (C=O) groups excluding carboxylic acids is 1. The summed E-state index contributed by atoms with van der Waals surface area (Å²) in [4.78, 5) is 16.4. The summed E-state index contributed by atoms with van der Waals surface area (Å²) in [6, 6.07) is 3.61. The van der Waals surface area contributed by atoms with Gasteiger partial charge in [0.15, 0.2) is 0 Å². The van der Waals surface area contributed by atoms with Crippen molar-refractivity contribution in [2.24, 2.45) is 0 Å². The molecular formula is C15H25N3O2. The van der Waals surface area contributed by atoms with Crippen LogP contribution < -0.4 is 10.6 Å². The first kappa shape index (κ1) is 16.4. The fourth-order valence-electron chi connectivity index (χ4n) is 1.82. The van der Waals surface area contributed by atoms with Gasteiger partial charge in [0.25, 0.3) is 5.91 Å². The Bertz CT molecular complexity index is 422. The minimum atomic E-state index is -0.0486. The Kier molecular flexibility index (Phi) is 7.65. The van der Waals surface area contributed by atoms with E-state index in [-0.39, 0.29) is 5.91 Å². The molecular weight excluding hydrogens is 254 g/mol. The summed E-state index contributed by atoms with van der Waals surface area (Å²) < 4.78 is 4.97. The molecule has 1 heterocycles. The van der Waals surface area contributed by atoms with Crippen LogP contribution in [0.5, 0.6) is 0 Å². The van der Waals surface area contributed by atoms with Gasteiger partial charge in [0, 0.05) is 38.1 Å². The highest BCUT2D eigenvalue weighted by molar-refractivity contribution is 5.94. The average molecular weight is 279 g/mol. The molecule has 0 saturated heterocycles. The molecule has 0 spiro atoms. The molecule has 0 aliphatic heterocycles. The van der Waals surface area contributed by atoms with Crippen LogP contribution in [0, 0.1) is 6.92 Å². The zero-order chi connectivity index (χ0) is 14.8. The molecule has 0 saturated carbocycles. The van der Waals surface area contributed by atoms with Crippen LogP contribution in [-0.4, -0.2) is 37.7 Å². The van der Waals surface area contributed by atoms with E-state index in [1.165, 1.54) is 0 Å². The minimum absolute atomic E-state index is 0.0486. The summed E-state index contributed by atoms with van der Waals surface area (Å²) in [6.45, 7) is 6.24. The third-order valence-electron chi connectivity index (χ3n) is 2.83. The molecule has 0 fully saturated rings. The first-order valence-corrected chi connectivity index (χ1v) is 7.17. The van der Waals surface area contributed by atoms with Gasteiger partial charge in [-0.1, -0.05) is 6.92 Å². The second-order valence-corrected chi connectivity index (χ2v) is 4.77. The van der Waals surface area contributed by atoms with E-state index in [1.54, 1.807) is 13.2 Å². The number of aromatic nitrogens is 1. The fourth-order valence-corrected chi connectivity index (χ4v) is 1.82. The van der Waals surface area contributed by atoms with Gasteiger partial charge in [0.05, 0.1) is 0 Å². The van der Waals surface area contributed by atoms with Crippen molar-refractivity contribution in [2.75, 3.05) is 32.1 Å². The molecule has 112 valence electrons. The van der Waals surface area contributed by atoms with Gasteiger partial charge in [-0.25, -0.2) is 4.98 Å². The highest BCUT2D eigenvalue weighted by atomic mass is 16.5. The SMILES string of the molecule is CCCNc1cc(C(=O)NCCCCOC)cc(C)n1. The quantitative estimate of drug-likeness (QED) is 0.681. The molecule has 0 unspecified atom stereocenters. The summed E-state index contributed by atoms with van der Waals surface area (Å²) in [5.41, 5.74) is 1.50. The first-order chi connectivity index (χ1) is 9.67. The molecule has 0 bridgehead atoms. The van der Waals surface area contributed by atoms with E-state index in [1.807, 2.05) is 13.0 Å². The van der Waals surface area contributed by atoms with Crippen molar-refractivity contribution >= 4 is 11.7 Å². The van der Waals surface area contributed by atoms with Crippen LogP contribution in [0.2, 0.25) is 0 Å². The Hall–Kier alpha value is -1.62. The predicted molar refractivity (Wildman–Crippen MR) is 81.2 cm³/mol. The van der Waals surface area contributed by atoms with Gasteiger partial charge in [0.1, 0.15) is 5.82 Å². The van der Waals surface area contributed by atoms with Gasteiger partial charge < -0.3 is 15.4 Å². The number of methoxy groups -OCH3 is 1. The number of amides is 1. The van der Waals surface area contributed by atoms with Crippen LogP contribution in [0.25, 0.3) is 0 Å². The van der Waals surface area contributed by atoms with Crippen LogP contribution in [0.15, 0.2) is 12.1 Å². The number of anilines is 1. The molecule has 1 amide bonds. The van der Waals surface area contributed by atoms with E-state index in [9.17, 15) is 4.79 Å². The van der Waals surface area contributed by atoms with Crippen molar-refractivity contribution < 1.29 is 9.53 Å². The summed E-state index contributed by atoms with van der Waals surface area (Å²) in [5.74, 6) is 0.712. The Balaban J connectivity index is 2.51. The maximum Gasteiger partial charge on any atom is 0.251 e. The molecule has 1 aromatic rings. The minimum Gasteiger partial charge on any atom is -0.385 e. The zero-order valence-electron chi connectivity index (χ0n) is 12.7. The van der Waals surface area contributed by atoms with E-state index >= 15 is 0 Å². The van der Waals surface area contributed by atoms with Gasteiger partial charge in [-0.05, 0) is 38.3 Å². The lowest BCUT2D eigenvalue weighted by Gasteiger charge is -2.09. The van der Waals surface area contributed by atoms with Crippen molar-refractivity contribution in [3.05, 3.63) is 23.4 Å². The maximum absolute atomic E-state index is 12.1. The lowest BCUT2D eigenvalue weighted by Crippen LogP contribution is -2.25. The van der Waals surface area contributed by atoms with E-state index in [2.05, 4.69) is 22.5 Å². The van der Waals surface area contributed by atoms with E-state index in [0.717, 1.165) is 43.9 Å². The smallest absolute Gasteiger partial charge is 0.251 e. The zero-order valence-corrected chi connectivity index (χ0v) is 12.7. The van der Waals surface area contributed by atoms with Crippen LogP contribution in [0.4, 0.5) is 5.82 Å². The lowest BCUT2D eigenvalue weighted by atomic mass is 10.2. The number of pyridine rings is 1. The van der Waals surface area contributed by atoms with Crippen LogP contribution >= 0.6 is 0 Å². The summed E-state index contributed by atoms with van der Waals surface area (Å²) >= 11 is 0. The molecule has 1 rings (SSSR count). The second-order valence-electron chi connectivity index (χ2n) is 4.77. The molecule has 0 atom stereocenters. The van der Waals surface area contributed by atoms with E-state index in [4.69, 9.17) is 4.74 Å². The molecule has 0 radical (unpaired) electrons. The molecule has 0 aliphatic rings. The van der Waals surface area contributed by atoms with Crippen molar-refractivity contribution in [3.8, 4) is 0 Å². The topological polar surface area (TPSA) is 63.2 Å². The van der Waals surface area contributed by atoms with Gasteiger partial charge in [-0.15, -0.1) is 0 Å². The number of unbranched alkanes of at least 4 members (excludes halogenated alkanes) is 1. The molecule has 5 heteroatoms. The van der Waals surface area contributed by atoms with Gasteiger partial charge in [-0.3, -0.25) is 4.79 Å². The number of rotatable bonds is 9. The predicted octanol–water partition coefficient (Wildman–Crippen LogP) is 2.37. The van der Waals surface area contributed by atoms with Crippen LogP contribution in [-0.2, 0) is 4.74 Å². The standard InChI is InChI=1S/C15H25N3O2/c1-4-7-16-14-11-13(10-12(2)18-14)15(19)17-8-5-6-9-20-3/h10-11H,4-9H2,1-3H3,(H,16,18)(H,17,19). The van der Waals surface area contributed by atoms with Crippen molar-refractivity contribution in [1.82, 2.24) is 10.3 Å². The summed E-state index contributed by atoms with van der Waals surface area (Å²) in [6.07, 6.45) is 2.90. The third-order valence-corrected chi connectivity index (χ3v) is 2.83. The van der Waals surface area contributed by atoms with E-state index < -0.39 is 0 Å². The molecule has 2 N–H and O–H groups in total. The first-order valence-electron chi connectivity index (χ1n) is 7.17. The number of nitrogens with zero attached hydrogens (tertiary/aromatic N) is 1. The Morgan fingerprint density at radius 1 is 1.30 bits per heavy atom.